The minimum Gasteiger partial charge on any atom is -0.303 e. The number of unbranched alkanes of at least 4 members (excludes halogenated alkanes) is 8. The summed E-state index contributed by atoms with van der Waals surface area (Å²) < 4.78 is 0. The predicted octanol–water partition coefficient (Wildman–Crippen LogP) is 5.61. The molecule has 0 saturated heterocycles. The fraction of sp³-hybridized carbons (Fsp3) is 0.706. The largest absolute Gasteiger partial charge is 0.303 e. The molecule has 0 atom stereocenters. The van der Waals surface area contributed by atoms with Crippen molar-refractivity contribution in [2.75, 3.05) is 0 Å². The fourth-order valence-electron chi connectivity index (χ4n) is 1.86. The van der Waals surface area contributed by atoms with Crippen LogP contribution in [-0.2, 0) is 4.79 Å². The first-order valence-electron chi connectivity index (χ1n) is 7.65. The monoisotopic (exact) mass is 250 g/mol. The molecule has 104 valence electrons. The summed E-state index contributed by atoms with van der Waals surface area (Å²) in [7, 11) is 0. The van der Waals surface area contributed by atoms with Crippen molar-refractivity contribution in [1.29, 1.82) is 0 Å². The highest BCUT2D eigenvalue weighted by atomic mass is 16.1. The number of carbonyl (C=O) groups excluding carboxylic acids is 1. The van der Waals surface area contributed by atoms with Crippen LogP contribution in [0, 0.1) is 0 Å². The molecule has 0 radical (unpaired) electrons. The molecule has 0 aromatic heterocycles. The average molecular weight is 250 g/mol. The van der Waals surface area contributed by atoms with Crippen molar-refractivity contribution in [3.05, 3.63) is 24.3 Å². The summed E-state index contributed by atoms with van der Waals surface area (Å²) in [4.78, 5) is 10.1. The SMILES string of the molecule is CCCCC/C=C/C/C=C/CCCCCCC=O. The lowest BCUT2D eigenvalue weighted by atomic mass is 10.1. The van der Waals surface area contributed by atoms with Crippen LogP contribution < -0.4 is 0 Å². The average Bonchev–Trinajstić information content (AvgIpc) is 2.39. The lowest BCUT2D eigenvalue weighted by Gasteiger charge is -1.95. The normalized spacial score (nSPS) is 11.6. The predicted molar refractivity (Wildman–Crippen MR) is 80.8 cm³/mol. The molecule has 1 nitrogen and oxygen atoms in total. The number of rotatable bonds is 13. The highest BCUT2D eigenvalue weighted by Crippen LogP contribution is 2.05. The Kier molecular flexibility index (Phi) is 15.4. The van der Waals surface area contributed by atoms with Gasteiger partial charge < -0.3 is 4.79 Å². The van der Waals surface area contributed by atoms with Crippen molar-refractivity contribution in [2.45, 2.75) is 77.6 Å². The van der Waals surface area contributed by atoms with Crippen LogP contribution in [-0.4, -0.2) is 6.29 Å². The third-order valence-corrected chi connectivity index (χ3v) is 3.02. The maximum atomic E-state index is 10.1. The summed E-state index contributed by atoms with van der Waals surface area (Å²) in [6, 6.07) is 0. The molecule has 0 unspecified atom stereocenters. The van der Waals surface area contributed by atoms with E-state index in [1.54, 1.807) is 0 Å². The standard InChI is InChI=1S/C17H30O/c1-2-3-4-5-6-7-8-9-10-11-12-13-14-15-16-17-18/h6-7,9-10,17H,2-5,8,11-16H2,1H3/b7-6+,10-9+. The molecule has 0 N–H and O–H groups in total. The van der Waals surface area contributed by atoms with E-state index >= 15 is 0 Å². The Morgan fingerprint density at radius 3 is 1.78 bits per heavy atom. The Morgan fingerprint density at radius 2 is 1.22 bits per heavy atom. The van der Waals surface area contributed by atoms with Gasteiger partial charge in [-0.05, 0) is 38.5 Å². The van der Waals surface area contributed by atoms with Crippen molar-refractivity contribution in [2.24, 2.45) is 0 Å². The molecule has 0 aliphatic heterocycles. The van der Waals surface area contributed by atoms with E-state index in [2.05, 4.69) is 31.2 Å². The van der Waals surface area contributed by atoms with Crippen LogP contribution in [0.4, 0.5) is 0 Å². The van der Waals surface area contributed by atoms with Gasteiger partial charge in [0, 0.05) is 6.42 Å². The molecule has 0 rings (SSSR count). The van der Waals surface area contributed by atoms with Crippen molar-refractivity contribution < 1.29 is 4.79 Å². The highest BCUT2D eigenvalue weighted by molar-refractivity contribution is 5.48. The minimum absolute atomic E-state index is 0.735. The van der Waals surface area contributed by atoms with Crippen molar-refractivity contribution in [1.82, 2.24) is 0 Å². The van der Waals surface area contributed by atoms with Gasteiger partial charge >= 0.3 is 0 Å². The number of carbonyl (C=O) groups is 1. The summed E-state index contributed by atoms with van der Waals surface area (Å²) in [6.07, 6.45) is 23.2. The molecule has 0 aromatic rings. The number of hydrogen-bond acceptors (Lipinski definition) is 1. The van der Waals surface area contributed by atoms with Crippen LogP contribution in [0.3, 0.4) is 0 Å². The van der Waals surface area contributed by atoms with E-state index < -0.39 is 0 Å². The third kappa shape index (κ3) is 15.1. The molecular weight excluding hydrogens is 220 g/mol. The van der Waals surface area contributed by atoms with E-state index in [0.717, 1.165) is 25.5 Å². The van der Waals surface area contributed by atoms with Gasteiger partial charge in [-0.2, -0.15) is 0 Å². The quantitative estimate of drug-likeness (QED) is 0.236. The number of allylic oxidation sites excluding steroid dienone is 4. The Morgan fingerprint density at radius 1 is 0.667 bits per heavy atom. The second-order valence-electron chi connectivity index (χ2n) is 4.83. The molecule has 0 saturated carbocycles. The molecule has 0 bridgehead atoms. The first kappa shape index (κ1) is 17.2. The summed E-state index contributed by atoms with van der Waals surface area (Å²) >= 11 is 0. The van der Waals surface area contributed by atoms with Crippen LogP contribution in [0.25, 0.3) is 0 Å². The highest BCUT2D eigenvalue weighted by Gasteiger charge is 1.87. The van der Waals surface area contributed by atoms with Gasteiger partial charge in [0.05, 0.1) is 0 Å². The van der Waals surface area contributed by atoms with Crippen molar-refractivity contribution in [3.63, 3.8) is 0 Å². The number of aldehydes is 1. The number of hydrogen-bond donors (Lipinski definition) is 0. The van der Waals surface area contributed by atoms with Gasteiger partial charge in [-0.3, -0.25) is 0 Å². The van der Waals surface area contributed by atoms with Gasteiger partial charge in [-0.25, -0.2) is 0 Å². The van der Waals surface area contributed by atoms with Gasteiger partial charge in [0.25, 0.3) is 0 Å². The maximum Gasteiger partial charge on any atom is 0.119 e. The Bertz CT molecular complexity index is 216. The first-order chi connectivity index (χ1) is 8.91. The summed E-state index contributed by atoms with van der Waals surface area (Å²) in [5.74, 6) is 0. The van der Waals surface area contributed by atoms with Crippen molar-refractivity contribution >= 4 is 6.29 Å². The summed E-state index contributed by atoms with van der Waals surface area (Å²) in [5, 5.41) is 0. The zero-order valence-electron chi connectivity index (χ0n) is 12.1. The zero-order valence-corrected chi connectivity index (χ0v) is 12.1. The molecule has 0 aromatic carbocycles. The minimum atomic E-state index is 0.735. The lowest BCUT2D eigenvalue weighted by Crippen LogP contribution is -1.79. The zero-order chi connectivity index (χ0) is 13.3. The van der Waals surface area contributed by atoms with Gasteiger partial charge in [-0.15, -0.1) is 0 Å². The van der Waals surface area contributed by atoms with E-state index in [1.807, 2.05) is 0 Å². The van der Waals surface area contributed by atoms with Gasteiger partial charge in [0.1, 0.15) is 6.29 Å². The van der Waals surface area contributed by atoms with Crippen LogP contribution in [0.1, 0.15) is 77.6 Å². The molecular formula is C17H30O. The Labute approximate surface area is 113 Å². The van der Waals surface area contributed by atoms with Crippen LogP contribution in [0.15, 0.2) is 24.3 Å². The lowest BCUT2D eigenvalue weighted by molar-refractivity contribution is -0.107. The summed E-state index contributed by atoms with van der Waals surface area (Å²) in [5.41, 5.74) is 0. The molecule has 0 aliphatic rings. The fourth-order valence-corrected chi connectivity index (χ4v) is 1.86. The molecule has 1 heteroatoms. The Hall–Kier alpha value is -0.850. The van der Waals surface area contributed by atoms with E-state index in [9.17, 15) is 4.79 Å². The van der Waals surface area contributed by atoms with E-state index in [0.29, 0.717) is 0 Å². The van der Waals surface area contributed by atoms with Crippen molar-refractivity contribution in [3.8, 4) is 0 Å². The molecule has 0 amide bonds. The molecule has 18 heavy (non-hydrogen) atoms. The van der Waals surface area contributed by atoms with Crippen LogP contribution in [0.2, 0.25) is 0 Å². The molecule has 0 aliphatic carbocycles. The molecule has 0 fully saturated rings. The second kappa shape index (κ2) is 16.1. The van der Waals surface area contributed by atoms with E-state index in [-0.39, 0.29) is 0 Å². The smallest absolute Gasteiger partial charge is 0.119 e. The molecule has 0 spiro atoms. The van der Waals surface area contributed by atoms with Crippen LogP contribution >= 0.6 is 0 Å². The van der Waals surface area contributed by atoms with E-state index in [4.69, 9.17) is 0 Å². The summed E-state index contributed by atoms with van der Waals surface area (Å²) in [6.45, 7) is 2.24. The van der Waals surface area contributed by atoms with Gasteiger partial charge in [0.15, 0.2) is 0 Å². The van der Waals surface area contributed by atoms with E-state index in [1.165, 1.54) is 51.4 Å². The third-order valence-electron chi connectivity index (χ3n) is 3.02. The Balaban J connectivity index is 3.15. The topological polar surface area (TPSA) is 17.1 Å². The first-order valence-corrected chi connectivity index (χ1v) is 7.65. The second-order valence-corrected chi connectivity index (χ2v) is 4.83. The molecule has 0 heterocycles. The van der Waals surface area contributed by atoms with Gasteiger partial charge in [-0.1, -0.05) is 56.9 Å². The van der Waals surface area contributed by atoms with Crippen LogP contribution in [0.5, 0.6) is 0 Å². The maximum absolute atomic E-state index is 10.1. The van der Waals surface area contributed by atoms with Gasteiger partial charge in [0.2, 0.25) is 0 Å².